The third-order valence-electron chi connectivity index (χ3n) is 4.59. The van der Waals surface area contributed by atoms with Crippen LogP contribution in [0.25, 0.3) is 0 Å². The van der Waals surface area contributed by atoms with E-state index in [1.807, 2.05) is 0 Å². The Morgan fingerprint density at radius 2 is 1.67 bits per heavy atom. The fraction of sp³-hybridized carbons (Fsp3) is 0.579. The SMILES string of the molecule is CC(C)c1ccc(N2CCN(C(=O)C(=O)O)CC2)c(C(C)(C)C)c1. The molecule has 1 saturated heterocycles. The van der Waals surface area contributed by atoms with E-state index in [0.29, 0.717) is 32.1 Å². The molecule has 1 fully saturated rings. The lowest BCUT2D eigenvalue weighted by Crippen LogP contribution is -2.51. The standard InChI is InChI=1S/C19H28N2O3/c1-13(2)14-6-7-16(15(12-14)19(3,4)5)20-8-10-21(11-9-20)17(22)18(23)24/h6-7,12-13H,8-11H2,1-5H3,(H,23,24). The van der Waals surface area contributed by atoms with Crippen molar-refractivity contribution in [1.29, 1.82) is 0 Å². The van der Waals surface area contributed by atoms with Crippen LogP contribution in [0.3, 0.4) is 0 Å². The van der Waals surface area contributed by atoms with E-state index in [1.54, 1.807) is 0 Å². The third kappa shape index (κ3) is 3.89. The van der Waals surface area contributed by atoms with E-state index >= 15 is 0 Å². The molecular formula is C19H28N2O3. The molecule has 0 radical (unpaired) electrons. The second-order valence-electron chi connectivity index (χ2n) is 7.77. The first-order valence-corrected chi connectivity index (χ1v) is 8.53. The number of amides is 1. The van der Waals surface area contributed by atoms with Crippen LogP contribution in [0.1, 0.15) is 51.7 Å². The van der Waals surface area contributed by atoms with Gasteiger partial charge in [0.15, 0.2) is 0 Å². The Morgan fingerprint density at radius 3 is 2.12 bits per heavy atom. The van der Waals surface area contributed by atoms with Crippen molar-refractivity contribution < 1.29 is 14.7 Å². The molecule has 0 aliphatic carbocycles. The molecule has 132 valence electrons. The van der Waals surface area contributed by atoms with Crippen LogP contribution in [-0.2, 0) is 15.0 Å². The van der Waals surface area contributed by atoms with Crippen molar-refractivity contribution in [3.8, 4) is 0 Å². The summed E-state index contributed by atoms with van der Waals surface area (Å²) in [4.78, 5) is 26.1. The number of rotatable bonds is 2. The highest BCUT2D eigenvalue weighted by molar-refractivity contribution is 6.31. The summed E-state index contributed by atoms with van der Waals surface area (Å²) in [6.45, 7) is 13.2. The van der Waals surface area contributed by atoms with Crippen LogP contribution < -0.4 is 4.90 Å². The van der Waals surface area contributed by atoms with Crippen molar-refractivity contribution in [2.75, 3.05) is 31.1 Å². The average Bonchev–Trinajstić information content (AvgIpc) is 2.52. The van der Waals surface area contributed by atoms with Crippen LogP contribution >= 0.6 is 0 Å². The molecule has 1 amide bonds. The average molecular weight is 332 g/mol. The van der Waals surface area contributed by atoms with Gasteiger partial charge in [0.2, 0.25) is 0 Å². The van der Waals surface area contributed by atoms with E-state index in [0.717, 1.165) is 0 Å². The number of hydrogen-bond donors (Lipinski definition) is 1. The number of carboxylic acids is 1. The Balaban J connectivity index is 2.24. The molecule has 1 aliphatic rings. The van der Waals surface area contributed by atoms with E-state index in [-0.39, 0.29) is 5.41 Å². The molecule has 1 N–H and O–H groups in total. The van der Waals surface area contributed by atoms with Gasteiger partial charge in [-0.3, -0.25) is 4.79 Å². The maximum Gasteiger partial charge on any atom is 0.394 e. The fourth-order valence-corrected chi connectivity index (χ4v) is 3.07. The normalized spacial score (nSPS) is 15.8. The summed E-state index contributed by atoms with van der Waals surface area (Å²) in [6, 6.07) is 6.63. The second-order valence-corrected chi connectivity index (χ2v) is 7.77. The number of nitrogens with zero attached hydrogens (tertiary/aromatic N) is 2. The van der Waals surface area contributed by atoms with E-state index in [1.165, 1.54) is 21.7 Å². The first-order chi connectivity index (χ1) is 11.1. The molecule has 2 rings (SSSR count). The Morgan fingerprint density at radius 1 is 1.08 bits per heavy atom. The summed E-state index contributed by atoms with van der Waals surface area (Å²) in [5.74, 6) is -1.70. The number of carboxylic acid groups (broad SMARTS) is 1. The van der Waals surface area contributed by atoms with Crippen LogP contribution in [0.15, 0.2) is 18.2 Å². The van der Waals surface area contributed by atoms with Gasteiger partial charge in [0, 0.05) is 31.9 Å². The molecule has 24 heavy (non-hydrogen) atoms. The number of anilines is 1. The quantitative estimate of drug-likeness (QED) is 0.846. The maximum atomic E-state index is 11.6. The first-order valence-electron chi connectivity index (χ1n) is 8.53. The predicted octanol–water partition coefficient (Wildman–Crippen LogP) is 2.84. The van der Waals surface area contributed by atoms with Crippen molar-refractivity contribution >= 4 is 17.6 Å². The van der Waals surface area contributed by atoms with E-state index < -0.39 is 11.9 Å². The van der Waals surface area contributed by atoms with Gasteiger partial charge in [-0.25, -0.2) is 4.79 Å². The van der Waals surface area contributed by atoms with Crippen LogP contribution in [0.2, 0.25) is 0 Å². The molecule has 1 heterocycles. The summed E-state index contributed by atoms with van der Waals surface area (Å²) in [6.07, 6.45) is 0. The number of carbonyl (C=O) groups excluding carboxylic acids is 1. The van der Waals surface area contributed by atoms with Crippen molar-refractivity contribution in [3.05, 3.63) is 29.3 Å². The van der Waals surface area contributed by atoms with Crippen LogP contribution in [0.4, 0.5) is 5.69 Å². The predicted molar refractivity (Wildman–Crippen MR) is 95.7 cm³/mol. The molecule has 1 aromatic rings. The Hall–Kier alpha value is -2.04. The number of piperazine rings is 1. The van der Waals surface area contributed by atoms with Gasteiger partial charge in [-0.1, -0.05) is 46.8 Å². The lowest BCUT2D eigenvalue weighted by molar-refractivity contribution is -0.156. The van der Waals surface area contributed by atoms with E-state index in [9.17, 15) is 9.59 Å². The molecule has 5 nitrogen and oxygen atoms in total. The minimum absolute atomic E-state index is 0.0221. The number of benzene rings is 1. The summed E-state index contributed by atoms with van der Waals surface area (Å²) in [5, 5.41) is 8.85. The van der Waals surface area contributed by atoms with Crippen LogP contribution in [0.5, 0.6) is 0 Å². The minimum atomic E-state index is -1.37. The lowest BCUT2D eigenvalue weighted by atomic mass is 9.83. The van der Waals surface area contributed by atoms with Gasteiger partial charge in [0.1, 0.15) is 0 Å². The summed E-state index contributed by atoms with van der Waals surface area (Å²) in [7, 11) is 0. The topological polar surface area (TPSA) is 60.9 Å². The third-order valence-corrected chi connectivity index (χ3v) is 4.59. The van der Waals surface area contributed by atoms with Gasteiger partial charge in [0.05, 0.1) is 0 Å². The Kier molecular flexibility index (Phi) is 5.21. The number of aliphatic carboxylic acids is 1. The zero-order chi connectivity index (χ0) is 18.1. The largest absolute Gasteiger partial charge is 0.474 e. The molecule has 0 saturated carbocycles. The summed E-state index contributed by atoms with van der Waals surface area (Å²) in [5.41, 5.74) is 3.83. The van der Waals surface area contributed by atoms with Crippen molar-refractivity contribution in [2.45, 2.75) is 46.0 Å². The number of carbonyl (C=O) groups is 2. The van der Waals surface area contributed by atoms with Crippen molar-refractivity contribution in [3.63, 3.8) is 0 Å². The lowest BCUT2D eigenvalue weighted by Gasteiger charge is -2.38. The molecule has 0 bridgehead atoms. The molecule has 0 aromatic heterocycles. The van der Waals surface area contributed by atoms with Gasteiger partial charge in [-0.2, -0.15) is 0 Å². The van der Waals surface area contributed by atoms with Gasteiger partial charge in [-0.15, -0.1) is 0 Å². The van der Waals surface area contributed by atoms with Crippen molar-refractivity contribution in [2.24, 2.45) is 0 Å². The maximum absolute atomic E-state index is 11.6. The highest BCUT2D eigenvalue weighted by Crippen LogP contribution is 2.35. The Labute approximate surface area is 144 Å². The molecule has 0 unspecified atom stereocenters. The number of hydrogen-bond acceptors (Lipinski definition) is 3. The second kappa shape index (κ2) is 6.83. The van der Waals surface area contributed by atoms with E-state index in [4.69, 9.17) is 5.11 Å². The highest BCUT2D eigenvalue weighted by Gasteiger charge is 2.28. The summed E-state index contributed by atoms with van der Waals surface area (Å²) >= 11 is 0. The summed E-state index contributed by atoms with van der Waals surface area (Å²) < 4.78 is 0. The van der Waals surface area contributed by atoms with Crippen LogP contribution in [0, 0.1) is 0 Å². The van der Waals surface area contributed by atoms with Crippen molar-refractivity contribution in [1.82, 2.24) is 4.90 Å². The molecule has 1 aliphatic heterocycles. The molecule has 0 atom stereocenters. The van der Waals surface area contributed by atoms with E-state index in [2.05, 4.69) is 57.7 Å². The van der Waals surface area contributed by atoms with Gasteiger partial charge in [-0.05, 0) is 28.5 Å². The zero-order valence-corrected chi connectivity index (χ0v) is 15.3. The van der Waals surface area contributed by atoms with Gasteiger partial charge >= 0.3 is 11.9 Å². The Bertz CT molecular complexity index is 624. The first kappa shape index (κ1) is 18.3. The highest BCUT2D eigenvalue weighted by atomic mass is 16.4. The smallest absolute Gasteiger partial charge is 0.394 e. The molecule has 5 heteroatoms. The minimum Gasteiger partial charge on any atom is -0.474 e. The zero-order valence-electron chi connectivity index (χ0n) is 15.3. The van der Waals surface area contributed by atoms with Crippen LogP contribution in [-0.4, -0.2) is 48.1 Å². The molecule has 1 aromatic carbocycles. The molecular weight excluding hydrogens is 304 g/mol. The molecule has 0 spiro atoms. The van der Waals surface area contributed by atoms with Gasteiger partial charge < -0.3 is 14.9 Å². The van der Waals surface area contributed by atoms with Gasteiger partial charge in [0.25, 0.3) is 0 Å². The monoisotopic (exact) mass is 332 g/mol. The fourth-order valence-electron chi connectivity index (χ4n) is 3.07.